The number of para-hydroxylation sites is 2. The average Bonchev–Trinajstić information content (AvgIpc) is 3.30. The smallest absolute Gasteiger partial charge is 0.257 e. The van der Waals surface area contributed by atoms with Gasteiger partial charge in [-0.05, 0) is 29.8 Å². The van der Waals surface area contributed by atoms with Crippen LogP contribution in [0.1, 0.15) is 15.9 Å². The van der Waals surface area contributed by atoms with Gasteiger partial charge in [0.15, 0.2) is 11.5 Å². The first-order valence-corrected chi connectivity index (χ1v) is 8.09. The number of furan rings is 1. The monoisotopic (exact) mass is 347 g/mol. The fourth-order valence-electron chi connectivity index (χ4n) is 2.90. The van der Waals surface area contributed by atoms with Crippen LogP contribution in [0.4, 0.5) is 0 Å². The Morgan fingerprint density at radius 2 is 1.85 bits per heavy atom. The standard InChI is InChI=1S/C19H13N3O4/c23-18(20-8-11-5-6-15-16(7-11)26-10-25-15)12-9-24-19-17(12)21-13-3-1-2-4-14(13)22-19/h1-7,9H,8,10H2,(H,20,23). The van der Waals surface area contributed by atoms with Crippen LogP contribution in [0.15, 0.2) is 53.1 Å². The van der Waals surface area contributed by atoms with E-state index in [4.69, 9.17) is 13.9 Å². The number of fused-ring (bicyclic) bond motifs is 3. The summed E-state index contributed by atoms with van der Waals surface area (Å²) in [5.41, 5.74) is 3.50. The van der Waals surface area contributed by atoms with Gasteiger partial charge in [0.05, 0.1) is 11.0 Å². The number of ether oxygens (including phenoxy) is 2. The van der Waals surface area contributed by atoms with Gasteiger partial charge >= 0.3 is 0 Å². The van der Waals surface area contributed by atoms with Crippen molar-refractivity contribution in [2.45, 2.75) is 6.54 Å². The molecule has 0 aliphatic carbocycles. The van der Waals surface area contributed by atoms with E-state index in [1.165, 1.54) is 6.26 Å². The van der Waals surface area contributed by atoms with Crippen molar-refractivity contribution in [3.63, 3.8) is 0 Å². The van der Waals surface area contributed by atoms with Gasteiger partial charge in [0, 0.05) is 6.54 Å². The lowest BCUT2D eigenvalue weighted by molar-refractivity contribution is 0.0951. The number of hydrogen-bond acceptors (Lipinski definition) is 6. The molecule has 128 valence electrons. The number of carbonyl (C=O) groups is 1. The van der Waals surface area contributed by atoms with Crippen molar-refractivity contribution in [1.29, 1.82) is 0 Å². The van der Waals surface area contributed by atoms with E-state index in [0.29, 0.717) is 40.4 Å². The number of rotatable bonds is 3. The first-order chi connectivity index (χ1) is 12.8. The van der Waals surface area contributed by atoms with Crippen LogP contribution in [0, 0.1) is 0 Å². The number of amides is 1. The summed E-state index contributed by atoms with van der Waals surface area (Å²) in [6.45, 7) is 0.571. The zero-order chi connectivity index (χ0) is 17.5. The number of nitrogens with one attached hydrogen (secondary N) is 1. The molecular weight excluding hydrogens is 334 g/mol. The predicted octanol–water partition coefficient (Wildman–Crippen LogP) is 3.03. The maximum Gasteiger partial charge on any atom is 0.257 e. The highest BCUT2D eigenvalue weighted by molar-refractivity contribution is 6.04. The molecule has 0 saturated heterocycles. The summed E-state index contributed by atoms with van der Waals surface area (Å²) in [6.07, 6.45) is 1.39. The van der Waals surface area contributed by atoms with E-state index in [1.807, 2.05) is 42.5 Å². The molecule has 26 heavy (non-hydrogen) atoms. The molecule has 1 aliphatic heterocycles. The topological polar surface area (TPSA) is 86.5 Å². The third-order valence-electron chi connectivity index (χ3n) is 4.22. The van der Waals surface area contributed by atoms with Crippen molar-refractivity contribution in [3.05, 3.63) is 59.9 Å². The Hall–Kier alpha value is -3.61. The Morgan fingerprint density at radius 3 is 2.73 bits per heavy atom. The van der Waals surface area contributed by atoms with Gasteiger partial charge in [0.2, 0.25) is 12.5 Å². The number of aromatic nitrogens is 2. The average molecular weight is 347 g/mol. The summed E-state index contributed by atoms with van der Waals surface area (Å²) in [5, 5.41) is 2.87. The predicted molar refractivity (Wildman–Crippen MR) is 93.0 cm³/mol. The Labute approximate surface area is 147 Å². The Morgan fingerprint density at radius 1 is 1.04 bits per heavy atom. The molecule has 7 nitrogen and oxygen atoms in total. The summed E-state index contributed by atoms with van der Waals surface area (Å²) >= 11 is 0. The summed E-state index contributed by atoms with van der Waals surface area (Å²) in [5.74, 6) is 1.12. The van der Waals surface area contributed by atoms with Crippen molar-refractivity contribution in [3.8, 4) is 11.5 Å². The van der Waals surface area contributed by atoms with Gasteiger partial charge in [-0.15, -0.1) is 0 Å². The van der Waals surface area contributed by atoms with E-state index in [0.717, 1.165) is 11.1 Å². The molecule has 0 atom stereocenters. The molecule has 2 aromatic carbocycles. The molecule has 0 unspecified atom stereocenters. The molecule has 1 aliphatic rings. The van der Waals surface area contributed by atoms with E-state index in [2.05, 4.69) is 15.3 Å². The third-order valence-corrected chi connectivity index (χ3v) is 4.22. The van der Waals surface area contributed by atoms with Gasteiger partial charge in [-0.1, -0.05) is 18.2 Å². The maximum atomic E-state index is 12.6. The van der Waals surface area contributed by atoms with Crippen LogP contribution in [-0.2, 0) is 6.54 Å². The van der Waals surface area contributed by atoms with Crippen LogP contribution in [0.2, 0.25) is 0 Å². The van der Waals surface area contributed by atoms with Crippen molar-refractivity contribution in [1.82, 2.24) is 15.3 Å². The highest BCUT2D eigenvalue weighted by Crippen LogP contribution is 2.32. The second kappa shape index (κ2) is 5.73. The van der Waals surface area contributed by atoms with E-state index in [1.54, 1.807) is 0 Å². The van der Waals surface area contributed by atoms with Gasteiger partial charge in [-0.2, -0.15) is 0 Å². The molecule has 3 heterocycles. The fourth-order valence-corrected chi connectivity index (χ4v) is 2.90. The molecule has 1 N–H and O–H groups in total. The van der Waals surface area contributed by atoms with Gasteiger partial charge < -0.3 is 19.2 Å². The Kier molecular flexibility index (Phi) is 3.24. The van der Waals surface area contributed by atoms with E-state index < -0.39 is 0 Å². The third kappa shape index (κ3) is 2.41. The number of benzene rings is 2. The van der Waals surface area contributed by atoms with Gasteiger partial charge in [0.1, 0.15) is 17.3 Å². The number of nitrogens with zero attached hydrogens (tertiary/aromatic N) is 2. The fraction of sp³-hybridized carbons (Fsp3) is 0.105. The number of hydrogen-bond donors (Lipinski definition) is 1. The van der Waals surface area contributed by atoms with Crippen LogP contribution in [0.3, 0.4) is 0 Å². The normalized spacial score (nSPS) is 12.6. The molecule has 0 radical (unpaired) electrons. The zero-order valence-electron chi connectivity index (χ0n) is 13.6. The van der Waals surface area contributed by atoms with Crippen LogP contribution in [-0.4, -0.2) is 22.7 Å². The zero-order valence-corrected chi connectivity index (χ0v) is 13.6. The van der Waals surface area contributed by atoms with Crippen molar-refractivity contribution < 1.29 is 18.7 Å². The lowest BCUT2D eigenvalue weighted by Gasteiger charge is -2.05. The Bertz CT molecular complexity index is 1150. The van der Waals surface area contributed by atoms with Crippen molar-refractivity contribution in [2.75, 3.05) is 6.79 Å². The van der Waals surface area contributed by atoms with Crippen LogP contribution < -0.4 is 14.8 Å². The number of carbonyl (C=O) groups excluding carboxylic acids is 1. The van der Waals surface area contributed by atoms with Gasteiger partial charge in [0.25, 0.3) is 5.91 Å². The molecule has 4 aromatic rings. The van der Waals surface area contributed by atoms with Crippen molar-refractivity contribution in [2.24, 2.45) is 0 Å². The summed E-state index contributed by atoms with van der Waals surface area (Å²) < 4.78 is 16.1. The second-order valence-electron chi connectivity index (χ2n) is 5.89. The maximum absolute atomic E-state index is 12.6. The first kappa shape index (κ1) is 14.7. The van der Waals surface area contributed by atoms with Crippen molar-refractivity contribution >= 4 is 28.2 Å². The van der Waals surface area contributed by atoms with E-state index in [-0.39, 0.29) is 12.7 Å². The highest BCUT2D eigenvalue weighted by atomic mass is 16.7. The molecule has 5 rings (SSSR count). The lowest BCUT2D eigenvalue weighted by Crippen LogP contribution is -2.22. The van der Waals surface area contributed by atoms with Crippen LogP contribution >= 0.6 is 0 Å². The Balaban J connectivity index is 1.40. The van der Waals surface area contributed by atoms with Crippen LogP contribution in [0.5, 0.6) is 11.5 Å². The summed E-state index contributed by atoms with van der Waals surface area (Å²) in [6, 6.07) is 13.0. The summed E-state index contributed by atoms with van der Waals surface area (Å²) in [7, 11) is 0. The largest absolute Gasteiger partial charge is 0.454 e. The molecular formula is C19H13N3O4. The minimum Gasteiger partial charge on any atom is -0.454 e. The minimum absolute atomic E-state index is 0.221. The second-order valence-corrected chi connectivity index (χ2v) is 5.89. The van der Waals surface area contributed by atoms with Crippen LogP contribution in [0.25, 0.3) is 22.3 Å². The SMILES string of the molecule is O=C(NCc1ccc2c(c1)OCO2)c1coc2nc3ccccc3nc12. The lowest BCUT2D eigenvalue weighted by atomic mass is 10.2. The first-order valence-electron chi connectivity index (χ1n) is 8.09. The molecule has 0 saturated carbocycles. The molecule has 2 aromatic heterocycles. The molecule has 0 fully saturated rings. The quantitative estimate of drug-likeness (QED) is 0.613. The van der Waals surface area contributed by atoms with Gasteiger partial charge in [-0.25, -0.2) is 9.97 Å². The van der Waals surface area contributed by atoms with E-state index in [9.17, 15) is 4.79 Å². The molecule has 7 heteroatoms. The molecule has 0 bridgehead atoms. The minimum atomic E-state index is -0.272. The highest BCUT2D eigenvalue weighted by Gasteiger charge is 2.18. The summed E-state index contributed by atoms with van der Waals surface area (Å²) in [4.78, 5) is 21.5. The van der Waals surface area contributed by atoms with Gasteiger partial charge in [-0.3, -0.25) is 4.79 Å². The van der Waals surface area contributed by atoms with E-state index >= 15 is 0 Å². The molecule has 1 amide bonds. The molecule has 0 spiro atoms.